The Bertz CT molecular complexity index is 602. The number of carbonyl (C=O) groups is 2. The van der Waals surface area contributed by atoms with Gasteiger partial charge in [0.1, 0.15) is 0 Å². The maximum Gasteiger partial charge on any atom is 0.242 e. The van der Waals surface area contributed by atoms with Gasteiger partial charge in [-0.05, 0) is 17.0 Å². The molecular weight excluding hydrogens is 361 g/mol. The van der Waals surface area contributed by atoms with Gasteiger partial charge in [0, 0.05) is 31.1 Å². The molecule has 0 radical (unpaired) electrons. The Morgan fingerprint density at radius 1 is 1.32 bits per heavy atom. The summed E-state index contributed by atoms with van der Waals surface area (Å²) in [5, 5.41) is 6.69. The minimum Gasteiger partial charge on any atom is -0.347 e. The summed E-state index contributed by atoms with van der Waals surface area (Å²) < 4.78 is 0. The fraction of sp³-hybridized carbons (Fsp3) is 0.556. The lowest BCUT2D eigenvalue weighted by molar-refractivity contribution is -0.136. The molecule has 1 saturated heterocycles. The number of nitrogens with zero attached hydrogens (tertiary/aromatic N) is 1. The summed E-state index contributed by atoms with van der Waals surface area (Å²) in [7, 11) is 0. The summed E-state index contributed by atoms with van der Waals surface area (Å²) >= 11 is 6.29. The van der Waals surface area contributed by atoms with Gasteiger partial charge in [-0.25, -0.2) is 0 Å². The summed E-state index contributed by atoms with van der Waals surface area (Å²) in [6, 6.07) is 7.46. The molecule has 0 aromatic heterocycles. The Balaban J connectivity index is 0.00000312. The molecule has 1 heterocycles. The Hall–Kier alpha value is -1.30. The summed E-state index contributed by atoms with van der Waals surface area (Å²) in [6.45, 7) is 8.02. The molecule has 2 rings (SSSR count). The van der Waals surface area contributed by atoms with E-state index in [1.54, 1.807) is 4.90 Å². The molecule has 0 bridgehead atoms. The predicted octanol–water partition coefficient (Wildman–Crippen LogP) is 2.79. The van der Waals surface area contributed by atoms with Crippen LogP contribution in [0.2, 0.25) is 5.02 Å². The third kappa shape index (κ3) is 6.49. The number of amides is 2. The van der Waals surface area contributed by atoms with E-state index in [2.05, 4.69) is 10.6 Å². The van der Waals surface area contributed by atoms with Gasteiger partial charge in [-0.3, -0.25) is 9.59 Å². The Morgan fingerprint density at radius 2 is 2.00 bits per heavy atom. The second kappa shape index (κ2) is 9.41. The van der Waals surface area contributed by atoms with Crippen LogP contribution in [0.3, 0.4) is 0 Å². The molecule has 1 fully saturated rings. The molecule has 1 aliphatic rings. The molecule has 0 spiro atoms. The van der Waals surface area contributed by atoms with Gasteiger partial charge in [0.2, 0.25) is 11.8 Å². The molecule has 5 nitrogen and oxygen atoms in total. The first-order valence-electron chi connectivity index (χ1n) is 8.29. The molecule has 1 atom stereocenters. The second-order valence-electron chi connectivity index (χ2n) is 7.34. The van der Waals surface area contributed by atoms with Gasteiger partial charge in [-0.15, -0.1) is 12.4 Å². The van der Waals surface area contributed by atoms with Gasteiger partial charge in [0.25, 0.3) is 0 Å². The monoisotopic (exact) mass is 387 g/mol. The highest BCUT2D eigenvalue weighted by Crippen LogP contribution is 2.28. The molecule has 25 heavy (non-hydrogen) atoms. The van der Waals surface area contributed by atoms with Crippen molar-refractivity contribution in [1.82, 2.24) is 15.5 Å². The highest BCUT2D eigenvalue weighted by Gasteiger charge is 2.29. The van der Waals surface area contributed by atoms with Crippen LogP contribution in [0.25, 0.3) is 0 Å². The van der Waals surface area contributed by atoms with Crippen LogP contribution < -0.4 is 10.6 Å². The van der Waals surface area contributed by atoms with Gasteiger partial charge in [0.15, 0.2) is 0 Å². The van der Waals surface area contributed by atoms with Crippen LogP contribution in [-0.2, 0) is 9.59 Å². The van der Waals surface area contributed by atoms with E-state index in [0.29, 0.717) is 24.5 Å². The third-order valence-electron chi connectivity index (χ3n) is 3.96. The maximum absolute atomic E-state index is 12.6. The lowest BCUT2D eigenvalue weighted by Gasteiger charge is -2.37. The maximum atomic E-state index is 12.6. The van der Waals surface area contributed by atoms with E-state index >= 15 is 0 Å². The second-order valence-corrected chi connectivity index (χ2v) is 7.75. The standard InChI is InChI=1S/C18H26ClN3O2.ClH/c1-18(2,3)10-16(23)21-12-17(24)22-9-8-20-11-15(22)13-6-4-5-7-14(13)19;/h4-7,15,20H,8-12H2,1-3H3,(H,21,23);1H. The average Bonchev–Trinajstić information content (AvgIpc) is 2.51. The molecule has 1 unspecified atom stereocenters. The first-order chi connectivity index (χ1) is 11.3. The van der Waals surface area contributed by atoms with E-state index in [9.17, 15) is 9.59 Å². The fourth-order valence-electron chi connectivity index (χ4n) is 2.85. The van der Waals surface area contributed by atoms with Gasteiger partial charge in [-0.1, -0.05) is 50.6 Å². The first kappa shape index (κ1) is 21.7. The van der Waals surface area contributed by atoms with Gasteiger partial charge in [0.05, 0.1) is 12.6 Å². The number of hydrogen-bond donors (Lipinski definition) is 2. The van der Waals surface area contributed by atoms with Crippen molar-refractivity contribution in [2.75, 3.05) is 26.2 Å². The SMILES string of the molecule is CC(C)(C)CC(=O)NCC(=O)N1CCNCC1c1ccccc1Cl.Cl. The Morgan fingerprint density at radius 3 is 2.64 bits per heavy atom. The molecule has 0 aliphatic carbocycles. The molecule has 1 aliphatic heterocycles. The van der Waals surface area contributed by atoms with Crippen molar-refractivity contribution >= 4 is 35.8 Å². The van der Waals surface area contributed by atoms with Crippen molar-refractivity contribution in [3.8, 4) is 0 Å². The van der Waals surface area contributed by atoms with E-state index < -0.39 is 0 Å². The number of halogens is 2. The van der Waals surface area contributed by atoms with E-state index in [4.69, 9.17) is 11.6 Å². The predicted molar refractivity (Wildman–Crippen MR) is 103 cm³/mol. The normalized spacial score (nSPS) is 17.6. The molecule has 140 valence electrons. The number of piperazine rings is 1. The summed E-state index contributed by atoms with van der Waals surface area (Å²) in [4.78, 5) is 26.3. The Kier molecular flexibility index (Phi) is 8.19. The van der Waals surface area contributed by atoms with E-state index in [-0.39, 0.29) is 42.2 Å². The van der Waals surface area contributed by atoms with Crippen molar-refractivity contribution in [2.24, 2.45) is 5.41 Å². The van der Waals surface area contributed by atoms with Gasteiger partial charge >= 0.3 is 0 Å². The molecule has 7 heteroatoms. The van der Waals surface area contributed by atoms with Crippen LogP contribution in [0.1, 0.15) is 38.8 Å². The van der Waals surface area contributed by atoms with Crippen LogP contribution in [-0.4, -0.2) is 42.9 Å². The van der Waals surface area contributed by atoms with Crippen molar-refractivity contribution in [2.45, 2.75) is 33.2 Å². The zero-order valence-electron chi connectivity index (χ0n) is 15.0. The van der Waals surface area contributed by atoms with Gasteiger partial charge < -0.3 is 15.5 Å². The highest BCUT2D eigenvalue weighted by atomic mass is 35.5. The van der Waals surface area contributed by atoms with Crippen molar-refractivity contribution < 1.29 is 9.59 Å². The van der Waals surface area contributed by atoms with Crippen LogP contribution in [0, 0.1) is 5.41 Å². The minimum atomic E-state index is -0.112. The number of hydrogen-bond acceptors (Lipinski definition) is 3. The number of benzene rings is 1. The largest absolute Gasteiger partial charge is 0.347 e. The number of carbonyl (C=O) groups excluding carboxylic acids is 2. The highest BCUT2D eigenvalue weighted by molar-refractivity contribution is 6.31. The first-order valence-corrected chi connectivity index (χ1v) is 8.67. The molecule has 2 N–H and O–H groups in total. The number of rotatable bonds is 4. The minimum absolute atomic E-state index is 0. The molecule has 0 saturated carbocycles. The van der Waals surface area contributed by atoms with E-state index in [1.807, 2.05) is 45.0 Å². The molecule has 1 aromatic rings. The zero-order chi connectivity index (χ0) is 17.7. The van der Waals surface area contributed by atoms with Gasteiger partial charge in [-0.2, -0.15) is 0 Å². The average molecular weight is 388 g/mol. The summed E-state index contributed by atoms with van der Waals surface area (Å²) in [6.07, 6.45) is 0.399. The molecule has 2 amide bonds. The zero-order valence-corrected chi connectivity index (χ0v) is 16.5. The summed E-state index contributed by atoms with van der Waals surface area (Å²) in [5.74, 6) is -0.177. The molecular formula is C18H27Cl2N3O2. The number of nitrogens with one attached hydrogen (secondary N) is 2. The quantitative estimate of drug-likeness (QED) is 0.834. The summed E-state index contributed by atoms with van der Waals surface area (Å²) in [5.41, 5.74) is 0.836. The Labute approximate surface area is 160 Å². The van der Waals surface area contributed by atoms with Crippen LogP contribution in [0.15, 0.2) is 24.3 Å². The van der Waals surface area contributed by atoms with E-state index in [1.165, 1.54) is 0 Å². The smallest absolute Gasteiger partial charge is 0.242 e. The van der Waals surface area contributed by atoms with Crippen LogP contribution in [0.5, 0.6) is 0 Å². The van der Waals surface area contributed by atoms with Crippen molar-refractivity contribution in [3.63, 3.8) is 0 Å². The lowest BCUT2D eigenvalue weighted by Crippen LogP contribution is -2.51. The lowest BCUT2D eigenvalue weighted by atomic mass is 9.92. The van der Waals surface area contributed by atoms with Crippen molar-refractivity contribution in [1.29, 1.82) is 0 Å². The van der Waals surface area contributed by atoms with Crippen LogP contribution >= 0.6 is 24.0 Å². The third-order valence-corrected chi connectivity index (χ3v) is 4.30. The fourth-order valence-corrected chi connectivity index (χ4v) is 3.11. The van der Waals surface area contributed by atoms with Crippen molar-refractivity contribution in [3.05, 3.63) is 34.9 Å². The van der Waals surface area contributed by atoms with E-state index in [0.717, 1.165) is 12.1 Å². The van der Waals surface area contributed by atoms with Crippen LogP contribution in [0.4, 0.5) is 0 Å². The topological polar surface area (TPSA) is 61.4 Å². The molecule has 1 aromatic carbocycles.